The molecule has 0 atom stereocenters. The van der Waals surface area contributed by atoms with Crippen LogP contribution < -0.4 is 5.32 Å². The van der Waals surface area contributed by atoms with E-state index in [2.05, 4.69) is 10.3 Å². The standard InChI is InChI=1S/C13H18N4O3S/c1-14-7-9-16(2)12(18)11-10-6-4-5-8-17(10)13(15-11)21(3,19)20/h4-6,8,14H,7,9H2,1-3H3. The normalized spacial score (nSPS) is 11.8. The molecule has 1 amide bonds. The molecule has 2 aromatic rings. The summed E-state index contributed by atoms with van der Waals surface area (Å²) >= 11 is 0. The second-order valence-corrected chi connectivity index (χ2v) is 6.71. The summed E-state index contributed by atoms with van der Waals surface area (Å²) in [4.78, 5) is 18.0. The van der Waals surface area contributed by atoms with E-state index in [1.54, 1.807) is 38.5 Å². The number of hydrogen-bond acceptors (Lipinski definition) is 5. The maximum Gasteiger partial charge on any atom is 0.274 e. The first-order valence-corrected chi connectivity index (χ1v) is 8.32. The number of fused-ring (bicyclic) bond motifs is 1. The van der Waals surface area contributed by atoms with Crippen molar-refractivity contribution in [2.75, 3.05) is 33.4 Å². The zero-order valence-corrected chi connectivity index (χ0v) is 13.0. The van der Waals surface area contributed by atoms with Crippen molar-refractivity contribution in [3.63, 3.8) is 0 Å². The summed E-state index contributed by atoms with van der Waals surface area (Å²) in [6, 6.07) is 5.12. The Kier molecular flexibility index (Phi) is 4.29. The summed E-state index contributed by atoms with van der Waals surface area (Å²) in [7, 11) is -0.0576. The molecular formula is C13H18N4O3S. The first-order valence-electron chi connectivity index (χ1n) is 6.43. The number of nitrogens with zero attached hydrogens (tertiary/aromatic N) is 3. The number of carbonyl (C=O) groups is 1. The molecule has 21 heavy (non-hydrogen) atoms. The van der Waals surface area contributed by atoms with Crippen LogP contribution in [-0.2, 0) is 9.84 Å². The van der Waals surface area contributed by atoms with Gasteiger partial charge in [0.05, 0.1) is 5.52 Å². The smallest absolute Gasteiger partial charge is 0.274 e. The highest BCUT2D eigenvalue weighted by atomic mass is 32.2. The molecule has 7 nitrogen and oxygen atoms in total. The predicted octanol–water partition coefficient (Wildman–Crippen LogP) is 0.0292. The van der Waals surface area contributed by atoms with Gasteiger partial charge in [0, 0.05) is 32.6 Å². The molecule has 0 aliphatic rings. The molecule has 2 aromatic heterocycles. The van der Waals surface area contributed by atoms with Gasteiger partial charge in [-0.25, -0.2) is 13.4 Å². The Bertz CT molecular complexity index is 767. The van der Waals surface area contributed by atoms with Gasteiger partial charge in [-0.15, -0.1) is 0 Å². The first kappa shape index (κ1) is 15.5. The van der Waals surface area contributed by atoms with E-state index in [1.807, 2.05) is 0 Å². The summed E-state index contributed by atoms with van der Waals surface area (Å²) in [6.07, 6.45) is 2.66. The molecule has 2 rings (SSSR count). The summed E-state index contributed by atoms with van der Waals surface area (Å²) < 4.78 is 25.0. The highest BCUT2D eigenvalue weighted by Gasteiger charge is 2.24. The van der Waals surface area contributed by atoms with Gasteiger partial charge in [-0.3, -0.25) is 9.20 Å². The average molecular weight is 310 g/mol. The first-order chi connectivity index (χ1) is 9.86. The summed E-state index contributed by atoms with van der Waals surface area (Å²) in [5, 5.41) is 2.83. The lowest BCUT2D eigenvalue weighted by atomic mass is 10.3. The number of imidazole rings is 1. The summed E-state index contributed by atoms with van der Waals surface area (Å²) in [5.41, 5.74) is 0.633. The van der Waals surface area contributed by atoms with Gasteiger partial charge in [-0.1, -0.05) is 6.07 Å². The quantitative estimate of drug-likeness (QED) is 0.842. The van der Waals surface area contributed by atoms with Crippen molar-refractivity contribution < 1.29 is 13.2 Å². The number of amides is 1. The van der Waals surface area contributed by atoms with Crippen LogP contribution in [-0.4, -0.2) is 62.1 Å². The molecule has 114 valence electrons. The maximum absolute atomic E-state index is 12.4. The Morgan fingerprint density at radius 3 is 2.76 bits per heavy atom. The average Bonchev–Trinajstić information content (AvgIpc) is 2.83. The van der Waals surface area contributed by atoms with Crippen molar-refractivity contribution in [3.8, 4) is 0 Å². The number of hydrogen-bond donors (Lipinski definition) is 1. The molecule has 0 aliphatic heterocycles. The molecule has 0 unspecified atom stereocenters. The SMILES string of the molecule is CNCCN(C)C(=O)c1nc(S(C)(=O)=O)n2ccccc12. The number of aromatic nitrogens is 2. The highest BCUT2D eigenvalue weighted by molar-refractivity contribution is 7.90. The third-order valence-electron chi connectivity index (χ3n) is 3.09. The molecule has 8 heteroatoms. The third kappa shape index (κ3) is 3.06. The zero-order chi connectivity index (χ0) is 15.6. The van der Waals surface area contributed by atoms with E-state index in [-0.39, 0.29) is 16.8 Å². The van der Waals surface area contributed by atoms with Crippen molar-refractivity contribution in [3.05, 3.63) is 30.1 Å². The van der Waals surface area contributed by atoms with Gasteiger partial charge in [0.25, 0.3) is 5.91 Å². The van der Waals surface area contributed by atoms with Crippen LogP contribution in [0.1, 0.15) is 10.5 Å². The Balaban J connectivity index is 2.52. The molecule has 1 N–H and O–H groups in total. The van der Waals surface area contributed by atoms with Gasteiger partial charge in [0.1, 0.15) is 0 Å². The van der Waals surface area contributed by atoms with Crippen molar-refractivity contribution >= 4 is 21.3 Å². The van der Waals surface area contributed by atoms with Crippen molar-refractivity contribution in [1.29, 1.82) is 0 Å². The number of pyridine rings is 1. The molecule has 0 fully saturated rings. The number of carbonyl (C=O) groups excluding carboxylic acids is 1. The molecule has 0 saturated heterocycles. The topological polar surface area (TPSA) is 83.8 Å². The van der Waals surface area contributed by atoms with E-state index in [9.17, 15) is 13.2 Å². The van der Waals surface area contributed by atoms with Gasteiger partial charge >= 0.3 is 0 Å². The van der Waals surface area contributed by atoms with E-state index >= 15 is 0 Å². The second kappa shape index (κ2) is 5.82. The third-order valence-corrected chi connectivity index (χ3v) is 4.05. The van der Waals surface area contributed by atoms with Crippen LogP contribution in [0, 0.1) is 0 Å². The van der Waals surface area contributed by atoms with Crippen LogP contribution >= 0.6 is 0 Å². The van der Waals surface area contributed by atoms with Crippen LogP contribution in [0.15, 0.2) is 29.6 Å². The maximum atomic E-state index is 12.4. The van der Waals surface area contributed by atoms with Crippen LogP contribution in [0.3, 0.4) is 0 Å². The number of likely N-dealkylation sites (N-methyl/N-ethyl adjacent to an activating group) is 2. The van der Waals surface area contributed by atoms with Crippen LogP contribution in [0.2, 0.25) is 0 Å². The lowest BCUT2D eigenvalue weighted by Gasteiger charge is -2.15. The molecule has 0 radical (unpaired) electrons. The minimum Gasteiger partial charge on any atom is -0.339 e. The van der Waals surface area contributed by atoms with E-state index in [0.29, 0.717) is 18.6 Å². The number of nitrogens with one attached hydrogen (secondary N) is 1. The molecule has 0 bridgehead atoms. The molecule has 0 saturated carbocycles. The van der Waals surface area contributed by atoms with Crippen molar-refractivity contribution in [1.82, 2.24) is 19.6 Å². The molecule has 0 spiro atoms. The van der Waals surface area contributed by atoms with Crippen molar-refractivity contribution in [2.45, 2.75) is 5.16 Å². The van der Waals surface area contributed by atoms with E-state index < -0.39 is 9.84 Å². The lowest BCUT2D eigenvalue weighted by molar-refractivity contribution is 0.0793. The Labute approximate surface area is 123 Å². The van der Waals surface area contributed by atoms with Gasteiger partial charge in [-0.05, 0) is 19.2 Å². The van der Waals surface area contributed by atoms with Gasteiger partial charge in [0.15, 0.2) is 5.69 Å². The van der Waals surface area contributed by atoms with Gasteiger partial charge in [0.2, 0.25) is 15.0 Å². The fourth-order valence-electron chi connectivity index (χ4n) is 1.99. The van der Waals surface area contributed by atoms with E-state index in [4.69, 9.17) is 0 Å². The van der Waals surface area contributed by atoms with Crippen LogP contribution in [0.25, 0.3) is 5.52 Å². The largest absolute Gasteiger partial charge is 0.339 e. The van der Waals surface area contributed by atoms with Crippen LogP contribution in [0.5, 0.6) is 0 Å². The lowest BCUT2D eigenvalue weighted by Crippen LogP contribution is -2.33. The Morgan fingerprint density at radius 1 is 1.43 bits per heavy atom. The minimum absolute atomic E-state index is 0.122. The molecule has 2 heterocycles. The number of sulfone groups is 1. The second-order valence-electron chi connectivity index (χ2n) is 4.80. The zero-order valence-electron chi connectivity index (χ0n) is 12.2. The Hall–Kier alpha value is -1.93. The summed E-state index contributed by atoms with van der Waals surface area (Å²) in [5.74, 6) is -0.302. The monoisotopic (exact) mass is 310 g/mol. The van der Waals surface area contributed by atoms with E-state index in [0.717, 1.165) is 6.26 Å². The fourth-order valence-corrected chi connectivity index (χ4v) is 2.76. The van der Waals surface area contributed by atoms with Crippen LogP contribution in [0.4, 0.5) is 0 Å². The minimum atomic E-state index is -3.52. The predicted molar refractivity (Wildman–Crippen MR) is 79.2 cm³/mol. The molecular weight excluding hydrogens is 292 g/mol. The number of rotatable bonds is 5. The van der Waals surface area contributed by atoms with E-state index in [1.165, 1.54) is 9.30 Å². The highest BCUT2D eigenvalue weighted by Crippen LogP contribution is 2.18. The molecule has 0 aliphatic carbocycles. The van der Waals surface area contributed by atoms with Gasteiger partial charge < -0.3 is 10.2 Å². The van der Waals surface area contributed by atoms with Gasteiger partial charge in [-0.2, -0.15) is 0 Å². The fraction of sp³-hybridized carbons (Fsp3) is 0.385. The molecule has 0 aromatic carbocycles. The van der Waals surface area contributed by atoms with Crippen molar-refractivity contribution in [2.24, 2.45) is 0 Å². The summed E-state index contributed by atoms with van der Waals surface area (Å²) in [6.45, 7) is 1.16. The Morgan fingerprint density at radius 2 is 2.14 bits per heavy atom.